The maximum atomic E-state index is 12.1. The molecular formula is C21H21N5O2. The fraction of sp³-hybridized carbons (Fsp3) is 0.333. The number of allylic oxidation sites excluding steroid dienone is 1. The van der Waals surface area contributed by atoms with Gasteiger partial charge in [-0.25, -0.2) is 4.98 Å². The second kappa shape index (κ2) is 6.44. The fourth-order valence-electron chi connectivity index (χ4n) is 3.51. The van der Waals surface area contributed by atoms with Crippen molar-refractivity contribution in [2.75, 3.05) is 5.32 Å². The van der Waals surface area contributed by atoms with Crippen molar-refractivity contribution in [1.29, 1.82) is 0 Å². The number of hydrogen-bond acceptors (Lipinski definition) is 6. The van der Waals surface area contributed by atoms with Crippen LogP contribution < -0.4 is 10.9 Å². The number of nitrogens with one attached hydrogen (secondary N) is 2. The summed E-state index contributed by atoms with van der Waals surface area (Å²) < 4.78 is 5.74. The summed E-state index contributed by atoms with van der Waals surface area (Å²) in [7, 11) is 0. The number of H-pyrrole nitrogens is 1. The lowest BCUT2D eigenvalue weighted by Gasteiger charge is -2.08. The normalized spacial score (nSPS) is 15.6. The van der Waals surface area contributed by atoms with Crippen LogP contribution in [-0.4, -0.2) is 26.2 Å². The van der Waals surface area contributed by atoms with E-state index in [0.717, 1.165) is 47.5 Å². The molecule has 2 aliphatic rings. The molecule has 0 aliphatic heterocycles. The lowest BCUT2D eigenvalue weighted by Crippen LogP contribution is -2.12. The summed E-state index contributed by atoms with van der Waals surface area (Å²) in [6.07, 6.45) is 5.14. The zero-order chi connectivity index (χ0) is 19.3. The van der Waals surface area contributed by atoms with Crippen LogP contribution in [0.3, 0.4) is 0 Å². The van der Waals surface area contributed by atoms with Crippen molar-refractivity contribution in [3.8, 4) is 11.5 Å². The molecule has 0 unspecified atom stereocenters. The van der Waals surface area contributed by atoms with Gasteiger partial charge in [0, 0.05) is 29.2 Å². The van der Waals surface area contributed by atoms with Gasteiger partial charge in [-0.15, -0.1) is 5.10 Å². The number of anilines is 1. The molecule has 7 nitrogen and oxygen atoms in total. The minimum absolute atomic E-state index is 0.0984. The Morgan fingerprint density at radius 3 is 2.86 bits per heavy atom. The van der Waals surface area contributed by atoms with Gasteiger partial charge in [0.2, 0.25) is 5.89 Å². The molecule has 1 aromatic carbocycles. The fourth-order valence-corrected chi connectivity index (χ4v) is 3.51. The maximum absolute atomic E-state index is 12.1. The third-order valence-corrected chi connectivity index (χ3v) is 5.01. The summed E-state index contributed by atoms with van der Waals surface area (Å²) >= 11 is 0. The molecule has 0 amide bonds. The van der Waals surface area contributed by atoms with Crippen LogP contribution in [-0.2, 0) is 6.42 Å². The van der Waals surface area contributed by atoms with E-state index < -0.39 is 0 Å². The summed E-state index contributed by atoms with van der Waals surface area (Å²) in [4.78, 5) is 19.7. The van der Waals surface area contributed by atoms with Gasteiger partial charge < -0.3 is 14.7 Å². The van der Waals surface area contributed by atoms with E-state index in [0.29, 0.717) is 17.8 Å². The van der Waals surface area contributed by atoms with Gasteiger partial charge in [-0.05, 0) is 56.4 Å². The molecule has 0 saturated heterocycles. The van der Waals surface area contributed by atoms with E-state index >= 15 is 0 Å². The lowest BCUT2D eigenvalue weighted by molar-refractivity contribution is 0.574. The molecule has 0 atom stereocenters. The van der Waals surface area contributed by atoms with Crippen molar-refractivity contribution >= 4 is 11.6 Å². The number of benzene rings is 1. The van der Waals surface area contributed by atoms with Crippen LogP contribution >= 0.6 is 0 Å². The van der Waals surface area contributed by atoms with E-state index in [1.165, 1.54) is 5.56 Å². The largest absolute Gasteiger partial charge is 0.403 e. The van der Waals surface area contributed by atoms with E-state index in [4.69, 9.17) is 9.40 Å². The minimum atomic E-state index is -0.0984. The zero-order valence-electron chi connectivity index (χ0n) is 15.8. The standard InChI is InChI=1S/C21H21N5O2/c1-11(2)22-21-26-25-20(28-21)14-6-3-12-7-8-15(16(12)9-14)17-10-18(27)24-19(23-17)13-4-5-13/h3,6,8-11,13H,4-5,7H2,1-2H3,(H,22,26)(H,23,24,27). The molecule has 7 heteroatoms. The van der Waals surface area contributed by atoms with Crippen molar-refractivity contribution in [2.45, 2.75) is 45.1 Å². The Hall–Kier alpha value is -3.22. The highest BCUT2D eigenvalue weighted by Crippen LogP contribution is 2.39. The summed E-state index contributed by atoms with van der Waals surface area (Å²) in [5, 5.41) is 11.3. The third kappa shape index (κ3) is 3.13. The topological polar surface area (TPSA) is 96.7 Å². The molecule has 2 aliphatic carbocycles. The van der Waals surface area contributed by atoms with Crippen molar-refractivity contribution in [2.24, 2.45) is 0 Å². The molecule has 0 radical (unpaired) electrons. The van der Waals surface area contributed by atoms with Crippen molar-refractivity contribution < 1.29 is 4.42 Å². The molecule has 3 aromatic rings. The number of aromatic amines is 1. The van der Waals surface area contributed by atoms with Gasteiger partial charge in [0.1, 0.15) is 5.82 Å². The average Bonchev–Trinajstić information content (AvgIpc) is 3.27. The van der Waals surface area contributed by atoms with Crippen LogP contribution in [0.25, 0.3) is 17.0 Å². The number of hydrogen-bond donors (Lipinski definition) is 2. The quantitative estimate of drug-likeness (QED) is 0.708. The molecule has 142 valence electrons. The summed E-state index contributed by atoms with van der Waals surface area (Å²) in [5.41, 5.74) is 4.74. The van der Waals surface area contributed by atoms with Gasteiger partial charge in [0.25, 0.3) is 5.56 Å². The Morgan fingerprint density at radius 1 is 1.21 bits per heavy atom. The summed E-state index contributed by atoms with van der Waals surface area (Å²) in [6, 6.07) is 8.31. The Morgan fingerprint density at radius 2 is 2.07 bits per heavy atom. The first-order valence-electron chi connectivity index (χ1n) is 9.62. The Bertz CT molecular complexity index is 1140. The van der Waals surface area contributed by atoms with Crippen LogP contribution in [0.4, 0.5) is 6.01 Å². The molecule has 2 heterocycles. The summed E-state index contributed by atoms with van der Waals surface area (Å²) in [6.45, 7) is 4.03. The van der Waals surface area contributed by atoms with Crippen molar-refractivity contribution in [1.82, 2.24) is 20.2 Å². The SMILES string of the molecule is CC(C)Nc1nnc(-c2ccc3c(c2)C(c2cc(=O)[nH]c(C4CC4)n2)=CC3)o1. The second-order valence-corrected chi connectivity index (χ2v) is 7.70. The van der Waals surface area contributed by atoms with Gasteiger partial charge in [-0.3, -0.25) is 4.79 Å². The molecule has 28 heavy (non-hydrogen) atoms. The number of nitrogens with zero attached hydrogens (tertiary/aromatic N) is 3. The van der Waals surface area contributed by atoms with Gasteiger partial charge in [0.05, 0.1) is 5.69 Å². The van der Waals surface area contributed by atoms with E-state index in [1.54, 1.807) is 6.07 Å². The molecule has 1 saturated carbocycles. The van der Waals surface area contributed by atoms with Crippen LogP contribution in [0.5, 0.6) is 0 Å². The van der Waals surface area contributed by atoms with Crippen LogP contribution in [0.1, 0.15) is 55.3 Å². The molecule has 2 aromatic heterocycles. The van der Waals surface area contributed by atoms with E-state index in [-0.39, 0.29) is 11.6 Å². The maximum Gasteiger partial charge on any atom is 0.315 e. The molecule has 0 spiro atoms. The number of fused-ring (bicyclic) bond motifs is 1. The van der Waals surface area contributed by atoms with Gasteiger partial charge in [-0.1, -0.05) is 17.2 Å². The van der Waals surface area contributed by atoms with Gasteiger partial charge in [-0.2, -0.15) is 0 Å². The molecular weight excluding hydrogens is 354 g/mol. The molecule has 5 rings (SSSR count). The highest BCUT2D eigenvalue weighted by molar-refractivity contribution is 5.84. The van der Waals surface area contributed by atoms with Gasteiger partial charge in [0.15, 0.2) is 0 Å². The summed E-state index contributed by atoms with van der Waals surface area (Å²) in [5.74, 6) is 1.66. The van der Waals surface area contributed by atoms with Crippen LogP contribution in [0.15, 0.2) is 39.6 Å². The number of aromatic nitrogens is 4. The first kappa shape index (κ1) is 16.9. The third-order valence-electron chi connectivity index (χ3n) is 5.01. The molecule has 2 N–H and O–H groups in total. The Balaban J connectivity index is 1.51. The molecule has 1 fully saturated rings. The van der Waals surface area contributed by atoms with Crippen molar-refractivity contribution in [3.05, 3.63) is 63.3 Å². The predicted molar refractivity (Wildman–Crippen MR) is 106 cm³/mol. The monoisotopic (exact) mass is 375 g/mol. The number of rotatable bonds is 5. The average molecular weight is 375 g/mol. The Labute approximate surface area is 161 Å². The second-order valence-electron chi connectivity index (χ2n) is 7.70. The first-order valence-corrected chi connectivity index (χ1v) is 9.62. The van der Waals surface area contributed by atoms with Crippen LogP contribution in [0, 0.1) is 0 Å². The van der Waals surface area contributed by atoms with Crippen LogP contribution in [0.2, 0.25) is 0 Å². The minimum Gasteiger partial charge on any atom is -0.403 e. The van der Waals surface area contributed by atoms with Gasteiger partial charge >= 0.3 is 6.01 Å². The smallest absolute Gasteiger partial charge is 0.315 e. The van der Waals surface area contributed by atoms with Crippen molar-refractivity contribution in [3.63, 3.8) is 0 Å². The highest BCUT2D eigenvalue weighted by Gasteiger charge is 2.27. The highest BCUT2D eigenvalue weighted by atomic mass is 16.4. The van der Waals surface area contributed by atoms with E-state index in [9.17, 15) is 4.79 Å². The zero-order valence-corrected chi connectivity index (χ0v) is 15.8. The lowest BCUT2D eigenvalue weighted by atomic mass is 10.00. The molecule has 0 bridgehead atoms. The van der Waals surface area contributed by atoms with E-state index in [1.807, 2.05) is 26.0 Å². The first-order chi connectivity index (χ1) is 13.6. The predicted octanol–water partition coefficient (Wildman–Crippen LogP) is 3.51. The Kier molecular flexibility index (Phi) is 3.89. The van der Waals surface area contributed by atoms with E-state index in [2.05, 4.69) is 32.6 Å².